The normalized spacial score (nSPS) is 25.1. The Hall–Kier alpha value is -1.88. The van der Waals surface area contributed by atoms with E-state index in [4.69, 9.17) is 5.11 Å². The van der Waals surface area contributed by atoms with Gasteiger partial charge in [0.2, 0.25) is 0 Å². The molecule has 2 heterocycles. The van der Waals surface area contributed by atoms with Crippen molar-refractivity contribution in [2.45, 2.75) is 25.8 Å². The number of hydrazone groups is 1. The number of hydrogen-bond donors (Lipinski definition) is 2. The van der Waals surface area contributed by atoms with Crippen molar-refractivity contribution in [3.05, 3.63) is 35.4 Å². The highest BCUT2D eigenvalue weighted by Gasteiger charge is 2.36. The van der Waals surface area contributed by atoms with Gasteiger partial charge in [0, 0.05) is 31.1 Å². The number of benzene rings is 1. The molecule has 0 saturated carbocycles. The van der Waals surface area contributed by atoms with E-state index in [0.29, 0.717) is 11.5 Å². The van der Waals surface area contributed by atoms with Crippen LogP contribution in [-0.2, 0) is 0 Å². The van der Waals surface area contributed by atoms with Crippen molar-refractivity contribution in [2.24, 2.45) is 11.0 Å². The first-order chi connectivity index (χ1) is 10.2. The van der Waals surface area contributed by atoms with E-state index in [1.165, 1.54) is 12.1 Å². The van der Waals surface area contributed by atoms with Crippen LogP contribution in [0.4, 0.5) is 0 Å². The Morgan fingerprint density at radius 2 is 2.19 bits per heavy atom. The number of carboxylic acids is 1. The fraction of sp³-hybridized carbons (Fsp3) is 0.500. The van der Waals surface area contributed by atoms with Crippen LogP contribution in [0.2, 0.25) is 0 Å². The lowest BCUT2D eigenvalue weighted by atomic mass is 9.86. The highest BCUT2D eigenvalue weighted by atomic mass is 16.4. The molecule has 3 rings (SSSR count). The van der Waals surface area contributed by atoms with Gasteiger partial charge in [-0.15, -0.1) is 0 Å². The van der Waals surface area contributed by atoms with Gasteiger partial charge in [0.05, 0.1) is 11.6 Å². The largest absolute Gasteiger partial charge is 0.478 e. The van der Waals surface area contributed by atoms with Crippen molar-refractivity contribution < 1.29 is 9.90 Å². The molecule has 2 N–H and O–H groups in total. The Bertz CT molecular complexity index is 553. The van der Waals surface area contributed by atoms with Crippen LogP contribution < -0.4 is 5.43 Å². The topological polar surface area (TPSA) is 64.9 Å². The van der Waals surface area contributed by atoms with Crippen molar-refractivity contribution in [1.82, 2.24) is 10.3 Å². The molecule has 0 amide bonds. The van der Waals surface area contributed by atoms with Crippen LogP contribution in [0.15, 0.2) is 29.4 Å². The fourth-order valence-electron chi connectivity index (χ4n) is 3.27. The third-order valence-corrected chi connectivity index (χ3v) is 4.37. The van der Waals surface area contributed by atoms with Gasteiger partial charge in [-0.1, -0.05) is 19.1 Å². The number of likely N-dealkylation sites (tertiary alicyclic amines) is 1. The van der Waals surface area contributed by atoms with Gasteiger partial charge in [-0.3, -0.25) is 0 Å². The molecule has 2 atom stereocenters. The van der Waals surface area contributed by atoms with E-state index in [-0.39, 0.29) is 6.04 Å². The summed E-state index contributed by atoms with van der Waals surface area (Å²) >= 11 is 0. The Labute approximate surface area is 124 Å². The summed E-state index contributed by atoms with van der Waals surface area (Å²) in [6, 6.07) is 7.31. The van der Waals surface area contributed by atoms with Crippen molar-refractivity contribution in [3.8, 4) is 0 Å². The number of carbonyl (C=O) groups is 1. The molecular formula is C16H21N3O2. The molecular weight excluding hydrogens is 266 g/mol. The van der Waals surface area contributed by atoms with Gasteiger partial charge in [0.15, 0.2) is 0 Å². The second-order valence-electron chi connectivity index (χ2n) is 5.79. The molecule has 1 saturated heterocycles. The van der Waals surface area contributed by atoms with E-state index >= 15 is 0 Å². The summed E-state index contributed by atoms with van der Waals surface area (Å²) in [4.78, 5) is 13.4. The maximum Gasteiger partial charge on any atom is 0.335 e. The Morgan fingerprint density at radius 3 is 2.86 bits per heavy atom. The molecule has 112 valence electrons. The van der Waals surface area contributed by atoms with Crippen LogP contribution in [0.3, 0.4) is 0 Å². The number of carboxylic acid groups (broad SMARTS) is 1. The summed E-state index contributed by atoms with van der Waals surface area (Å²) in [6.45, 7) is 5.47. The van der Waals surface area contributed by atoms with Gasteiger partial charge in [0.1, 0.15) is 0 Å². The lowest BCUT2D eigenvalue weighted by molar-refractivity contribution is 0.0697. The number of piperidine rings is 1. The molecule has 1 aromatic carbocycles. The summed E-state index contributed by atoms with van der Waals surface area (Å²) in [5.41, 5.74) is 5.94. The molecule has 0 radical (unpaired) electrons. The van der Waals surface area contributed by atoms with Crippen LogP contribution in [0.5, 0.6) is 0 Å². The van der Waals surface area contributed by atoms with E-state index in [9.17, 15) is 4.79 Å². The third-order valence-electron chi connectivity index (χ3n) is 4.37. The zero-order valence-electron chi connectivity index (χ0n) is 12.2. The third kappa shape index (κ3) is 2.78. The van der Waals surface area contributed by atoms with Crippen molar-refractivity contribution in [2.75, 3.05) is 19.6 Å². The molecule has 2 unspecified atom stereocenters. The van der Waals surface area contributed by atoms with Crippen molar-refractivity contribution in [3.63, 3.8) is 0 Å². The number of hydrogen-bond acceptors (Lipinski definition) is 4. The van der Waals surface area contributed by atoms with E-state index < -0.39 is 5.97 Å². The molecule has 21 heavy (non-hydrogen) atoms. The van der Waals surface area contributed by atoms with Gasteiger partial charge in [-0.25, -0.2) is 4.79 Å². The predicted octanol–water partition coefficient (Wildman–Crippen LogP) is 2.12. The van der Waals surface area contributed by atoms with Crippen LogP contribution in [0.25, 0.3) is 0 Å². The van der Waals surface area contributed by atoms with Gasteiger partial charge < -0.3 is 15.4 Å². The number of fused-ring (bicyclic) bond motifs is 1. The molecule has 0 aliphatic carbocycles. The average Bonchev–Trinajstić information content (AvgIpc) is 2.91. The molecule has 0 spiro atoms. The molecule has 5 nitrogen and oxygen atoms in total. The number of aromatic carboxylic acids is 1. The molecule has 2 aliphatic rings. The predicted molar refractivity (Wildman–Crippen MR) is 81.6 cm³/mol. The van der Waals surface area contributed by atoms with E-state index in [1.54, 1.807) is 12.1 Å². The van der Waals surface area contributed by atoms with Gasteiger partial charge >= 0.3 is 5.97 Å². The zero-order valence-corrected chi connectivity index (χ0v) is 12.2. The standard InChI is InChI=1S/C16H21N3O2/c1-2-8-19-9-7-14-13(10-19)15(18-17-14)11-3-5-12(6-4-11)16(20)21/h3-6,13,15,18H,2,7-10H2,1H3,(H,20,21). The number of nitrogens with zero attached hydrogens (tertiary/aromatic N) is 2. The number of nitrogens with one attached hydrogen (secondary N) is 1. The minimum absolute atomic E-state index is 0.169. The number of rotatable bonds is 4. The van der Waals surface area contributed by atoms with Crippen molar-refractivity contribution in [1.29, 1.82) is 0 Å². The quantitative estimate of drug-likeness (QED) is 0.890. The fourth-order valence-corrected chi connectivity index (χ4v) is 3.27. The molecule has 1 aromatic rings. The monoisotopic (exact) mass is 287 g/mol. The first-order valence-corrected chi connectivity index (χ1v) is 7.56. The Balaban J connectivity index is 1.75. The highest BCUT2D eigenvalue weighted by Crippen LogP contribution is 2.32. The first-order valence-electron chi connectivity index (χ1n) is 7.56. The Kier molecular flexibility index (Phi) is 3.92. The molecule has 0 bridgehead atoms. The van der Waals surface area contributed by atoms with E-state index in [0.717, 1.165) is 31.6 Å². The lowest BCUT2D eigenvalue weighted by Crippen LogP contribution is -2.42. The second-order valence-corrected chi connectivity index (χ2v) is 5.79. The van der Waals surface area contributed by atoms with Crippen molar-refractivity contribution >= 4 is 11.7 Å². The summed E-state index contributed by atoms with van der Waals surface area (Å²) < 4.78 is 0. The maximum atomic E-state index is 10.9. The summed E-state index contributed by atoms with van der Waals surface area (Å²) in [5.74, 6) is -0.481. The first kappa shape index (κ1) is 14.1. The summed E-state index contributed by atoms with van der Waals surface area (Å²) in [5, 5.41) is 13.5. The van der Waals surface area contributed by atoms with Crippen LogP contribution in [-0.4, -0.2) is 41.3 Å². The minimum Gasteiger partial charge on any atom is -0.478 e. The summed E-state index contributed by atoms with van der Waals surface area (Å²) in [7, 11) is 0. The van der Waals surface area contributed by atoms with Gasteiger partial charge in [0.25, 0.3) is 0 Å². The summed E-state index contributed by atoms with van der Waals surface area (Å²) in [6.07, 6.45) is 2.20. The Morgan fingerprint density at radius 1 is 1.43 bits per heavy atom. The molecule has 2 aliphatic heterocycles. The molecule has 0 aromatic heterocycles. The van der Waals surface area contributed by atoms with E-state index in [1.807, 2.05) is 12.1 Å². The van der Waals surface area contributed by atoms with E-state index in [2.05, 4.69) is 22.4 Å². The van der Waals surface area contributed by atoms with Crippen LogP contribution in [0.1, 0.15) is 41.7 Å². The zero-order chi connectivity index (χ0) is 14.8. The smallest absolute Gasteiger partial charge is 0.335 e. The molecule has 1 fully saturated rings. The van der Waals surface area contributed by atoms with Crippen LogP contribution in [0, 0.1) is 5.92 Å². The van der Waals surface area contributed by atoms with Gasteiger partial charge in [-0.05, 0) is 30.7 Å². The lowest BCUT2D eigenvalue weighted by Gasteiger charge is -2.33. The second kappa shape index (κ2) is 5.85. The molecule has 5 heteroatoms. The highest BCUT2D eigenvalue weighted by molar-refractivity contribution is 5.90. The minimum atomic E-state index is -0.885. The maximum absolute atomic E-state index is 10.9. The SMILES string of the molecule is CCCN1CCC2=NNC(c3ccc(C(=O)O)cc3)C2C1. The average molecular weight is 287 g/mol. The van der Waals surface area contributed by atoms with Crippen LogP contribution >= 0.6 is 0 Å². The van der Waals surface area contributed by atoms with Gasteiger partial charge in [-0.2, -0.15) is 5.10 Å².